The summed E-state index contributed by atoms with van der Waals surface area (Å²) in [6.07, 6.45) is 0.202. The molecular formula is C28H23NO2. The van der Waals surface area contributed by atoms with Crippen molar-refractivity contribution in [1.82, 2.24) is 0 Å². The predicted octanol–water partition coefficient (Wildman–Crippen LogP) is 6.64. The molecule has 0 aromatic heterocycles. The molecule has 0 heterocycles. The first-order valence-electron chi connectivity index (χ1n) is 10.4. The lowest BCUT2D eigenvalue weighted by molar-refractivity contribution is -0.146. The molecule has 0 aliphatic heterocycles. The molecule has 0 aliphatic carbocycles. The highest BCUT2D eigenvalue weighted by Crippen LogP contribution is 2.46. The SMILES string of the molecule is CCC(C#N)(C(=O)O)C(c1ccc(-c2ccccc2)cc1)c1cccc2ccccc12. The predicted molar refractivity (Wildman–Crippen MR) is 124 cm³/mol. The van der Waals surface area contributed by atoms with Crippen molar-refractivity contribution >= 4 is 16.7 Å². The number of carbonyl (C=O) groups is 1. The Balaban J connectivity index is 1.93. The normalized spacial score (nSPS) is 13.8. The summed E-state index contributed by atoms with van der Waals surface area (Å²) in [5.74, 6) is -1.70. The number of hydrogen-bond donors (Lipinski definition) is 1. The fourth-order valence-corrected chi connectivity index (χ4v) is 4.40. The second-order valence-electron chi connectivity index (χ2n) is 7.73. The summed E-state index contributed by atoms with van der Waals surface area (Å²) in [7, 11) is 0. The fourth-order valence-electron chi connectivity index (χ4n) is 4.40. The highest BCUT2D eigenvalue weighted by Gasteiger charge is 2.47. The number of carboxylic acid groups (broad SMARTS) is 1. The molecular weight excluding hydrogens is 382 g/mol. The van der Waals surface area contributed by atoms with Crippen LogP contribution in [0.4, 0.5) is 0 Å². The van der Waals surface area contributed by atoms with Gasteiger partial charge in [0.2, 0.25) is 0 Å². The first kappa shape index (κ1) is 20.4. The maximum absolute atomic E-state index is 12.5. The van der Waals surface area contributed by atoms with Crippen LogP contribution in [0.2, 0.25) is 0 Å². The van der Waals surface area contributed by atoms with E-state index >= 15 is 0 Å². The molecule has 0 saturated heterocycles. The van der Waals surface area contributed by atoms with E-state index in [2.05, 4.69) is 6.07 Å². The Kier molecular flexibility index (Phi) is 5.56. The van der Waals surface area contributed by atoms with E-state index in [0.29, 0.717) is 0 Å². The summed E-state index contributed by atoms with van der Waals surface area (Å²) in [6.45, 7) is 1.77. The summed E-state index contributed by atoms with van der Waals surface area (Å²) in [6, 6.07) is 33.9. The van der Waals surface area contributed by atoms with Crippen LogP contribution in [0.3, 0.4) is 0 Å². The number of benzene rings is 4. The Labute approximate surface area is 182 Å². The minimum Gasteiger partial charge on any atom is -0.480 e. The van der Waals surface area contributed by atoms with Gasteiger partial charge in [-0.05, 0) is 39.4 Å². The molecule has 152 valence electrons. The fraction of sp³-hybridized carbons (Fsp3) is 0.143. The molecule has 4 aromatic carbocycles. The number of nitriles is 1. The molecule has 3 nitrogen and oxygen atoms in total. The number of aliphatic carboxylic acids is 1. The maximum atomic E-state index is 12.5. The van der Waals surface area contributed by atoms with Crippen molar-refractivity contribution in [1.29, 1.82) is 5.26 Å². The quantitative estimate of drug-likeness (QED) is 0.391. The van der Waals surface area contributed by atoms with Crippen molar-refractivity contribution in [2.45, 2.75) is 19.3 Å². The summed E-state index contributed by atoms with van der Waals surface area (Å²) in [4.78, 5) is 12.5. The van der Waals surface area contributed by atoms with Gasteiger partial charge in [-0.1, -0.05) is 104 Å². The van der Waals surface area contributed by atoms with Crippen molar-refractivity contribution < 1.29 is 9.90 Å². The van der Waals surface area contributed by atoms with Gasteiger partial charge in [-0.2, -0.15) is 5.26 Å². The number of hydrogen-bond acceptors (Lipinski definition) is 2. The van der Waals surface area contributed by atoms with Crippen LogP contribution in [0.5, 0.6) is 0 Å². The Hall–Kier alpha value is -3.90. The van der Waals surface area contributed by atoms with E-state index in [1.54, 1.807) is 6.92 Å². The highest BCUT2D eigenvalue weighted by molar-refractivity contribution is 5.89. The lowest BCUT2D eigenvalue weighted by Crippen LogP contribution is -2.36. The maximum Gasteiger partial charge on any atom is 0.325 e. The first-order chi connectivity index (χ1) is 15.1. The highest BCUT2D eigenvalue weighted by atomic mass is 16.4. The molecule has 2 atom stereocenters. The van der Waals surface area contributed by atoms with E-state index in [0.717, 1.165) is 33.0 Å². The van der Waals surface area contributed by atoms with Crippen molar-refractivity contribution in [2.24, 2.45) is 5.41 Å². The molecule has 0 spiro atoms. The summed E-state index contributed by atoms with van der Waals surface area (Å²) < 4.78 is 0. The van der Waals surface area contributed by atoms with Crippen LogP contribution in [-0.2, 0) is 4.79 Å². The molecule has 0 amide bonds. The molecule has 0 bridgehead atoms. The minimum atomic E-state index is -1.57. The standard InChI is InChI=1S/C28H23NO2/c1-2-28(19-29,27(30)31)26(25-14-8-12-22-11-6-7-13-24(22)25)23-17-15-21(16-18-23)20-9-4-3-5-10-20/h3-18,26H,2H2,1H3,(H,30,31). The van der Waals surface area contributed by atoms with Gasteiger partial charge >= 0.3 is 5.97 Å². The van der Waals surface area contributed by atoms with Gasteiger partial charge in [-0.25, -0.2) is 0 Å². The van der Waals surface area contributed by atoms with E-state index < -0.39 is 17.3 Å². The molecule has 3 heteroatoms. The summed E-state index contributed by atoms with van der Waals surface area (Å²) >= 11 is 0. The average Bonchev–Trinajstić information content (AvgIpc) is 2.83. The van der Waals surface area contributed by atoms with Crippen LogP contribution in [0.15, 0.2) is 97.1 Å². The molecule has 2 unspecified atom stereocenters. The van der Waals surface area contributed by atoms with E-state index in [1.807, 2.05) is 97.1 Å². The third-order valence-electron chi connectivity index (χ3n) is 6.12. The zero-order valence-electron chi connectivity index (χ0n) is 17.3. The van der Waals surface area contributed by atoms with Crippen LogP contribution < -0.4 is 0 Å². The van der Waals surface area contributed by atoms with Crippen LogP contribution in [0, 0.1) is 16.7 Å². The van der Waals surface area contributed by atoms with Crippen molar-refractivity contribution in [3.63, 3.8) is 0 Å². The first-order valence-corrected chi connectivity index (χ1v) is 10.4. The van der Waals surface area contributed by atoms with E-state index in [4.69, 9.17) is 0 Å². The summed E-state index contributed by atoms with van der Waals surface area (Å²) in [5.41, 5.74) is 2.25. The lowest BCUT2D eigenvalue weighted by Gasteiger charge is -2.32. The Morgan fingerprint density at radius 2 is 1.48 bits per heavy atom. The van der Waals surface area contributed by atoms with Gasteiger partial charge < -0.3 is 5.11 Å². The van der Waals surface area contributed by atoms with E-state index in [9.17, 15) is 15.2 Å². The molecule has 0 radical (unpaired) electrons. The van der Waals surface area contributed by atoms with Gasteiger partial charge in [0.15, 0.2) is 5.41 Å². The zero-order valence-corrected chi connectivity index (χ0v) is 17.3. The largest absolute Gasteiger partial charge is 0.480 e. The Bertz CT molecular complexity index is 1250. The number of fused-ring (bicyclic) bond motifs is 1. The van der Waals surface area contributed by atoms with Crippen molar-refractivity contribution in [3.8, 4) is 17.2 Å². The Morgan fingerprint density at radius 3 is 2.13 bits per heavy atom. The molecule has 0 fully saturated rings. The van der Waals surface area contributed by atoms with E-state index in [-0.39, 0.29) is 6.42 Å². The topological polar surface area (TPSA) is 61.1 Å². The molecule has 0 aliphatic rings. The lowest BCUT2D eigenvalue weighted by atomic mass is 9.67. The number of rotatable bonds is 6. The monoisotopic (exact) mass is 405 g/mol. The summed E-state index contributed by atoms with van der Waals surface area (Å²) in [5, 5.41) is 22.3. The van der Waals surface area contributed by atoms with Gasteiger partial charge in [0.25, 0.3) is 0 Å². The van der Waals surface area contributed by atoms with Crippen LogP contribution in [0.1, 0.15) is 30.4 Å². The molecule has 31 heavy (non-hydrogen) atoms. The van der Waals surface area contributed by atoms with Crippen LogP contribution in [-0.4, -0.2) is 11.1 Å². The third-order valence-corrected chi connectivity index (χ3v) is 6.12. The molecule has 0 saturated carbocycles. The van der Waals surface area contributed by atoms with Gasteiger partial charge in [-0.3, -0.25) is 4.79 Å². The average molecular weight is 405 g/mol. The van der Waals surface area contributed by atoms with Crippen LogP contribution in [0.25, 0.3) is 21.9 Å². The van der Waals surface area contributed by atoms with Gasteiger partial charge in [-0.15, -0.1) is 0 Å². The molecule has 4 aromatic rings. The van der Waals surface area contributed by atoms with E-state index in [1.165, 1.54) is 0 Å². The van der Waals surface area contributed by atoms with Gasteiger partial charge in [0, 0.05) is 5.92 Å². The van der Waals surface area contributed by atoms with Crippen molar-refractivity contribution in [3.05, 3.63) is 108 Å². The second-order valence-corrected chi connectivity index (χ2v) is 7.73. The van der Waals surface area contributed by atoms with Crippen LogP contribution >= 0.6 is 0 Å². The Morgan fingerprint density at radius 1 is 0.871 bits per heavy atom. The number of carboxylic acids is 1. The second kappa shape index (κ2) is 8.45. The van der Waals surface area contributed by atoms with Gasteiger partial charge in [0.05, 0.1) is 6.07 Å². The smallest absolute Gasteiger partial charge is 0.325 e. The molecule has 1 N–H and O–H groups in total. The third kappa shape index (κ3) is 3.58. The zero-order chi connectivity index (χ0) is 21.8. The molecule has 4 rings (SSSR count). The van der Waals surface area contributed by atoms with Crippen molar-refractivity contribution in [2.75, 3.05) is 0 Å². The minimum absolute atomic E-state index is 0.202. The number of nitrogens with zero attached hydrogens (tertiary/aromatic N) is 1. The van der Waals surface area contributed by atoms with Gasteiger partial charge in [0.1, 0.15) is 0 Å².